The van der Waals surface area contributed by atoms with Gasteiger partial charge < -0.3 is 18.8 Å². The van der Waals surface area contributed by atoms with E-state index in [1.807, 2.05) is 26.0 Å². The minimum Gasteiger partial charge on any atom is -0.496 e. The number of hydrogen-bond donors (Lipinski definition) is 0. The number of carbonyl (C=O) groups excluding carboxylic acids is 2. The molecule has 0 spiro atoms. The molecular formula is C29H32N2O7S. The van der Waals surface area contributed by atoms with Gasteiger partial charge in [0.05, 0.1) is 23.8 Å². The van der Waals surface area contributed by atoms with Crippen molar-refractivity contribution >= 4 is 27.5 Å². The van der Waals surface area contributed by atoms with Gasteiger partial charge in [-0.2, -0.15) is 0 Å². The standard InChI is InChI=1S/C29H32N2O7S/c1-19-15-24(20(2)30(19)17-22-8-6-14-37-22)27(32)18-38-29(33)25-16-23(10-11-28(25)36-3)39(34,35)31-13-12-21-7-4-5-9-26(21)31/h4-5,7,9-11,15-16,22H,6,8,12-14,17-18H2,1-3H3. The number of nitrogens with zero attached hydrogens (tertiary/aromatic N) is 2. The molecular weight excluding hydrogens is 520 g/mol. The minimum absolute atomic E-state index is 0.0593. The van der Waals surface area contributed by atoms with Gasteiger partial charge in [0.25, 0.3) is 10.0 Å². The number of aryl methyl sites for hydroxylation is 1. The van der Waals surface area contributed by atoms with Gasteiger partial charge in [0.15, 0.2) is 6.61 Å². The molecule has 0 radical (unpaired) electrons. The summed E-state index contributed by atoms with van der Waals surface area (Å²) in [6.45, 7) is 5.05. The van der Waals surface area contributed by atoms with Crippen molar-refractivity contribution in [1.29, 1.82) is 0 Å². The maximum Gasteiger partial charge on any atom is 0.342 e. The van der Waals surface area contributed by atoms with E-state index in [4.69, 9.17) is 14.2 Å². The lowest BCUT2D eigenvalue weighted by atomic mass is 10.1. The van der Waals surface area contributed by atoms with E-state index in [1.54, 1.807) is 18.2 Å². The number of fused-ring (bicyclic) bond motifs is 1. The Morgan fingerprint density at radius 3 is 2.62 bits per heavy atom. The molecule has 0 bridgehead atoms. The van der Waals surface area contributed by atoms with E-state index in [2.05, 4.69) is 4.57 Å². The molecule has 3 aromatic rings. The number of benzene rings is 2. The number of Topliss-reactive ketones (excluding diaryl/α,β-unsaturated/α-hetero) is 1. The number of aromatic nitrogens is 1. The average Bonchev–Trinajstić information content (AvgIpc) is 3.68. The van der Waals surface area contributed by atoms with Crippen molar-refractivity contribution in [1.82, 2.24) is 4.57 Å². The largest absolute Gasteiger partial charge is 0.496 e. The molecule has 0 aliphatic carbocycles. The van der Waals surface area contributed by atoms with Crippen LogP contribution < -0.4 is 9.04 Å². The molecule has 2 aliphatic heterocycles. The van der Waals surface area contributed by atoms with Crippen LogP contribution in [0.4, 0.5) is 5.69 Å². The molecule has 1 fully saturated rings. The van der Waals surface area contributed by atoms with Crippen LogP contribution in [0, 0.1) is 13.8 Å². The van der Waals surface area contributed by atoms with Crippen LogP contribution in [0.25, 0.3) is 0 Å². The number of sulfonamides is 1. The summed E-state index contributed by atoms with van der Waals surface area (Å²) in [7, 11) is -2.55. The lowest BCUT2D eigenvalue weighted by molar-refractivity contribution is 0.0471. The second-order valence-corrected chi connectivity index (χ2v) is 11.7. The molecule has 0 saturated carbocycles. The predicted octanol–water partition coefficient (Wildman–Crippen LogP) is 4.08. The minimum atomic E-state index is -3.94. The summed E-state index contributed by atoms with van der Waals surface area (Å²) in [5, 5.41) is 0. The fraction of sp³-hybridized carbons (Fsp3) is 0.379. The van der Waals surface area contributed by atoms with Crippen LogP contribution in [0.2, 0.25) is 0 Å². The Morgan fingerprint density at radius 2 is 1.87 bits per heavy atom. The molecule has 1 aromatic heterocycles. The Balaban J connectivity index is 1.32. The van der Waals surface area contributed by atoms with Gasteiger partial charge in [-0.1, -0.05) is 18.2 Å². The molecule has 2 aromatic carbocycles. The maximum absolute atomic E-state index is 13.5. The molecule has 39 heavy (non-hydrogen) atoms. The van der Waals surface area contributed by atoms with Gasteiger partial charge >= 0.3 is 5.97 Å². The van der Waals surface area contributed by atoms with Crippen molar-refractivity contribution < 1.29 is 32.2 Å². The van der Waals surface area contributed by atoms with Crippen molar-refractivity contribution in [2.75, 3.05) is 31.2 Å². The second kappa shape index (κ2) is 10.9. The highest BCUT2D eigenvalue weighted by molar-refractivity contribution is 7.92. The Labute approximate surface area is 228 Å². The highest BCUT2D eigenvalue weighted by Crippen LogP contribution is 2.34. The Morgan fingerprint density at radius 1 is 1.08 bits per heavy atom. The first kappa shape index (κ1) is 27.0. The predicted molar refractivity (Wildman–Crippen MR) is 145 cm³/mol. The molecule has 10 heteroatoms. The van der Waals surface area contributed by atoms with E-state index in [9.17, 15) is 18.0 Å². The number of para-hydroxylation sites is 1. The zero-order valence-electron chi connectivity index (χ0n) is 22.3. The zero-order chi connectivity index (χ0) is 27.7. The molecule has 206 valence electrons. The van der Waals surface area contributed by atoms with Crippen LogP contribution in [-0.4, -0.2) is 57.7 Å². The molecule has 1 atom stereocenters. The SMILES string of the molecule is COc1ccc(S(=O)(=O)N2CCc3ccccc32)cc1C(=O)OCC(=O)c1cc(C)n(CC2CCCO2)c1C. The highest BCUT2D eigenvalue weighted by Gasteiger charge is 2.32. The number of hydrogen-bond acceptors (Lipinski definition) is 7. The summed E-state index contributed by atoms with van der Waals surface area (Å²) in [4.78, 5) is 26.0. The van der Waals surface area contributed by atoms with Crippen molar-refractivity contribution in [3.05, 3.63) is 76.6 Å². The van der Waals surface area contributed by atoms with Gasteiger partial charge in [-0.3, -0.25) is 9.10 Å². The van der Waals surface area contributed by atoms with Crippen LogP contribution in [0.1, 0.15) is 50.5 Å². The summed E-state index contributed by atoms with van der Waals surface area (Å²) in [5.74, 6) is -1.03. The van der Waals surface area contributed by atoms with E-state index in [0.29, 0.717) is 30.8 Å². The lowest BCUT2D eigenvalue weighted by Crippen LogP contribution is -2.29. The molecule has 1 saturated heterocycles. The number of carbonyl (C=O) groups is 2. The van der Waals surface area contributed by atoms with Crippen molar-refractivity contribution in [2.24, 2.45) is 0 Å². The van der Waals surface area contributed by atoms with Gasteiger partial charge in [0, 0.05) is 36.6 Å². The highest BCUT2D eigenvalue weighted by atomic mass is 32.2. The first-order chi connectivity index (χ1) is 18.7. The fourth-order valence-electron chi connectivity index (χ4n) is 5.33. The Kier molecular flexibility index (Phi) is 7.51. The zero-order valence-corrected chi connectivity index (χ0v) is 23.1. The monoisotopic (exact) mass is 552 g/mol. The Hall–Kier alpha value is -3.63. The third-order valence-electron chi connectivity index (χ3n) is 7.44. The quantitative estimate of drug-likeness (QED) is 0.291. The van der Waals surface area contributed by atoms with E-state index < -0.39 is 22.6 Å². The van der Waals surface area contributed by atoms with E-state index in [0.717, 1.165) is 36.4 Å². The molecule has 2 aliphatic rings. The number of esters is 1. The molecule has 0 amide bonds. The van der Waals surface area contributed by atoms with Gasteiger partial charge in [-0.15, -0.1) is 0 Å². The molecule has 9 nitrogen and oxygen atoms in total. The van der Waals surface area contributed by atoms with Crippen molar-refractivity contribution in [2.45, 2.75) is 50.7 Å². The van der Waals surface area contributed by atoms with E-state index in [-0.39, 0.29) is 28.1 Å². The third-order valence-corrected chi connectivity index (χ3v) is 9.25. The summed E-state index contributed by atoms with van der Waals surface area (Å²) < 4.78 is 46.8. The van der Waals surface area contributed by atoms with Crippen LogP contribution in [0.15, 0.2) is 53.4 Å². The number of ketones is 1. The topological polar surface area (TPSA) is 104 Å². The molecule has 3 heterocycles. The van der Waals surface area contributed by atoms with Gasteiger partial charge in [0.2, 0.25) is 5.78 Å². The second-order valence-electron chi connectivity index (χ2n) is 9.85. The van der Waals surface area contributed by atoms with Crippen LogP contribution in [0.5, 0.6) is 5.75 Å². The number of methoxy groups -OCH3 is 1. The summed E-state index contributed by atoms with van der Waals surface area (Å²) in [6.07, 6.45) is 2.75. The number of rotatable bonds is 9. The van der Waals surface area contributed by atoms with Crippen molar-refractivity contribution in [3.63, 3.8) is 0 Å². The number of ether oxygens (including phenoxy) is 3. The fourth-order valence-corrected chi connectivity index (χ4v) is 6.86. The summed E-state index contributed by atoms with van der Waals surface area (Å²) in [5.41, 5.74) is 3.71. The summed E-state index contributed by atoms with van der Waals surface area (Å²) >= 11 is 0. The molecule has 5 rings (SSSR count). The smallest absolute Gasteiger partial charge is 0.342 e. The molecule has 0 N–H and O–H groups in total. The maximum atomic E-state index is 13.5. The van der Waals surface area contributed by atoms with E-state index in [1.165, 1.54) is 29.6 Å². The van der Waals surface area contributed by atoms with Crippen LogP contribution in [-0.2, 0) is 32.5 Å². The van der Waals surface area contributed by atoms with Gasteiger partial charge in [-0.25, -0.2) is 13.2 Å². The normalized spacial score (nSPS) is 16.8. The van der Waals surface area contributed by atoms with Gasteiger partial charge in [-0.05, 0) is 69.0 Å². The van der Waals surface area contributed by atoms with Crippen LogP contribution >= 0.6 is 0 Å². The van der Waals surface area contributed by atoms with Gasteiger partial charge in [0.1, 0.15) is 11.3 Å². The van der Waals surface area contributed by atoms with Crippen LogP contribution in [0.3, 0.4) is 0 Å². The van der Waals surface area contributed by atoms with E-state index >= 15 is 0 Å². The lowest BCUT2D eigenvalue weighted by Gasteiger charge is -2.20. The third kappa shape index (κ3) is 5.18. The average molecular weight is 553 g/mol. The first-order valence-electron chi connectivity index (χ1n) is 13.0. The summed E-state index contributed by atoms with van der Waals surface area (Å²) in [6, 6.07) is 13.2. The number of anilines is 1. The Bertz CT molecular complexity index is 1520. The molecule has 1 unspecified atom stereocenters. The van der Waals surface area contributed by atoms with Crippen molar-refractivity contribution in [3.8, 4) is 5.75 Å². The first-order valence-corrected chi connectivity index (χ1v) is 14.4.